The van der Waals surface area contributed by atoms with E-state index in [0.29, 0.717) is 16.9 Å². The van der Waals surface area contributed by atoms with Crippen molar-refractivity contribution < 1.29 is 0 Å². The SMILES string of the molecule is C[C@H]1C[C@H](C)CN(c2ccc(NC(=S)NCC3(c4ccc(Cl)cc4)CCCC3)cn2)C1. The average Bonchev–Trinajstić information content (AvgIpc) is 3.23. The smallest absolute Gasteiger partial charge is 0.170 e. The summed E-state index contributed by atoms with van der Waals surface area (Å²) in [6.45, 7) is 7.64. The van der Waals surface area contributed by atoms with Gasteiger partial charge in [0.05, 0.1) is 11.9 Å². The van der Waals surface area contributed by atoms with E-state index < -0.39 is 0 Å². The number of nitrogens with one attached hydrogen (secondary N) is 2. The lowest BCUT2D eigenvalue weighted by atomic mass is 9.79. The van der Waals surface area contributed by atoms with Gasteiger partial charge in [0.2, 0.25) is 0 Å². The first-order valence-corrected chi connectivity index (χ1v) is 12.2. The van der Waals surface area contributed by atoms with Crippen molar-refractivity contribution in [1.29, 1.82) is 0 Å². The van der Waals surface area contributed by atoms with Crippen molar-refractivity contribution in [2.24, 2.45) is 11.8 Å². The lowest BCUT2D eigenvalue weighted by Gasteiger charge is -2.35. The molecule has 2 fully saturated rings. The molecule has 0 radical (unpaired) electrons. The van der Waals surface area contributed by atoms with Crippen LogP contribution in [0.4, 0.5) is 11.5 Å². The van der Waals surface area contributed by atoms with Gasteiger partial charge in [0.25, 0.3) is 0 Å². The van der Waals surface area contributed by atoms with Gasteiger partial charge in [-0.1, -0.05) is 50.4 Å². The van der Waals surface area contributed by atoms with Gasteiger partial charge in [-0.3, -0.25) is 0 Å². The predicted molar refractivity (Wildman–Crippen MR) is 135 cm³/mol. The Balaban J connectivity index is 1.34. The molecule has 4 rings (SSSR count). The zero-order valence-corrected chi connectivity index (χ0v) is 20.1. The Hall–Kier alpha value is -1.85. The van der Waals surface area contributed by atoms with Crippen molar-refractivity contribution in [3.05, 3.63) is 53.2 Å². The molecule has 0 bridgehead atoms. The minimum atomic E-state index is 0.125. The van der Waals surface area contributed by atoms with Gasteiger partial charge in [-0.05, 0) is 73.1 Å². The van der Waals surface area contributed by atoms with E-state index in [4.69, 9.17) is 28.8 Å². The summed E-state index contributed by atoms with van der Waals surface area (Å²) in [4.78, 5) is 7.09. The highest BCUT2D eigenvalue weighted by atomic mass is 35.5. The summed E-state index contributed by atoms with van der Waals surface area (Å²) in [6, 6.07) is 12.5. The maximum Gasteiger partial charge on any atom is 0.170 e. The van der Waals surface area contributed by atoms with Gasteiger partial charge in [-0.15, -0.1) is 0 Å². The molecule has 4 nitrogen and oxygen atoms in total. The topological polar surface area (TPSA) is 40.2 Å². The Morgan fingerprint density at radius 2 is 1.77 bits per heavy atom. The molecule has 2 atom stereocenters. The molecule has 1 aliphatic heterocycles. The quantitative estimate of drug-likeness (QED) is 0.538. The van der Waals surface area contributed by atoms with Gasteiger partial charge in [-0.2, -0.15) is 0 Å². The molecule has 2 N–H and O–H groups in total. The fourth-order valence-corrected chi connectivity index (χ4v) is 5.66. The first kappa shape index (κ1) is 22.3. The van der Waals surface area contributed by atoms with E-state index in [1.165, 1.54) is 37.7 Å². The van der Waals surface area contributed by atoms with E-state index in [-0.39, 0.29) is 5.41 Å². The summed E-state index contributed by atoms with van der Waals surface area (Å²) in [6.07, 6.45) is 8.04. The molecule has 1 aliphatic carbocycles. The first-order valence-electron chi connectivity index (χ1n) is 11.5. The molecule has 0 spiro atoms. The summed E-state index contributed by atoms with van der Waals surface area (Å²) < 4.78 is 0. The number of hydrogen-bond donors (Lipinski definition) is 2. The summed E-state index contributed by atoms with van der Waals surface area (Å²) in [5.74, 6) is 2.47. The van der Waals surface area contributed by atoms with Crippen molar-refractivity contribution >= 4 is 40.4 Å². The molecule has 1 saturated heterocycles. The van der Waals surface area contributed by atoms with Gasteiger partial charge < -0.3 is 15.5 Å². The minimum Gasteiger partial charge on any atom is -0.362 e. The number of aromatic nitrogens is 1. The van der Waals surface area contributed by atoms with Crippen LogP contribution in [-0.2, 0) is 5.41 Å². The number of pyridine rings is 1. The minimum absolute atomic E-state index is 0.125. The monoisotopic (exact) mass is 456 g/mol. The summed E-state index contributed by atoms with van der Waals surface area (Å²) >= 11 is 11.7. The van der Waals surface area contributed by atoms with Gasteiger partial charge in [0.1, 0.15) is 5.82 Å². The maximum atomic E-state index is 6.10. The second kappa shape index (κ2) is 9.74. The second-order valence-electron chi connectivity index (χ2n) is 9.56. The van der Waals surface area contributed by atoms with Crippen molar-refractivity contribution in [2.45, 2.75) is 51.4 Å². The highest BCUT2D eigenvalue weighted by Crippen LogP contribution is 2.41. The molecule has 166 valence electrons. The van der Waals surface area contributed by atoms with E-state index in [2.05, 4.69) is 53.6 Å². The Morgan fingerprint density at radius 1 is 1.10 bits per heavy atom. The van der Waals surface area contributed by atoms with Crippen LogP contribution >= 0.6 is 23.8 Å². The van der Waals surface area contributed by atoms with E-state index in [9.17, 15) is 0 Å². The summed E-state index contributed by atoms with van der Waals surface area (Å²) in [5.41, 5.74) is 2.40. The number of anilines is 2. The molecule has 1 aromatic carbocycles. The van der Waals surface area contributed by atoms with Crippen LogP contribution in [-0.4, -0.2) is 29.7 Å². The molecule has 0 unspecified atom stereocenters. The Morgan fingerprint density at radius 3 is 2.39 bits per heavy atom. The number of nitrogens with zero attached hydrogens (tertiary/aromatic N) is 2. The number of hydrogen-bond acceptors (Lipinski definition) is 3. The molecule has 31 heavy (non-hydrogen) atoms. The molecular weight excluding hydrogens is 424 g/mol. The molecule has 2 aromatic rings. The molecular formula is C25H33ClN4S. The normalized spacial score (nSPS) is 22.9. The molecule has 1 saturated carbocycles. The third-order valence-corrected chi connectivity index (χ3v) is 7.30. The highest BCUT2D eigenvalue weighted by molar-refractivity contribution is 7.80. The molecule has 1 aromatic heterocycles. The van der Waals surface area contributed by atoms with Crippen LogP contribution in [0.25, 0.3) is 0 Å². The van der Waals surface area contributed by atoms with E-state index in [1.54, 1.807) is 0 Å². The second-order valence-corrected chi connectivity index (χ2v) is 10.4. The number of rotatable bonds is 5. The molecule has 2 aliphatic rings. The van der Waals surface area contributed by atoms with Crippen LogP contribution in [0.15, 0.2) is 42.6 Å². The Labute approximate surface area is 196 Å². The highest BCUT2D eigenvalue weighted by Gasteiger charge is 2.35. The standard InChI is InChI=1S/C25H33ClN4S/c1-18-13-19(2)16-30(15-18)23-10-9-22(14-27-23)29-24(31)28-17-25(11-3-4-12-25)20-5-7-21(26)8-6-20/h5-10,14,18-19H,3-4,11-13,15-17H2,1-2H3,(H2,28,29,31)/t18-,19-/m0/s1. The fraction of sp³-hybridized carbons (Fsp3) is 0.520. The van der Waals surface area contributed by atoms with E-state index in [0.717, 1.165) is 36.2 Å². The molecule has 2 heterocycles. The maximum absolute atomic E-state index is 6.10. The zero-order chi connectivity index (χ0) is 21.8. The van der Waals surface area contributed by atoms with Crippen LogP contribution in [0.3, 0.4) is 0 Å². The van der Waals surface area contributed by atoms with Crippen LogP contribution < -0.4 is 15.5 Å². The lowest BCUT2D eigenvalue weighted by molar-refractivity contribution is 0.355. The fourth-order valence-electron chi connectivity index (χ4n) is 5.34. The summed E-state index contributed by atoms with van der Waals surface area (Å²) in [5, 5.41) is 8.21. The van der Waals surface area contributed by atoms with E-state index in [1.807, 2.05) is 18.3 Å². The first-order chi connectivity index (χ1) is 14.9. The van der Waals surface area contributed by atoms with Gasteiger partial charge in [-0.25, -0.2) is 4.98 Å². The van der Waals surface area contributed by atoms with Crippen molar-refractivity contribution in [3.8, 4) is 0 Å². The molecule has 6 heteroatoms. The van der Waals surface area contributed by atoms with Gasteiger partial charge in [0.15, 0.2) is 5.11 Å². The lowest BCUT2D eigenvalue weighted by Crippen LogP contribution is -2.40. The van der Waals surface area contributed by atoms with Crippen LogP contribution in [0.5, 0.6) is 0 Å². The number of halogens is 1. The summed E-state index contributed by atoms with van der Waals surface area (Å²) in [7, 11) is 0. The van der Waals surface area contributed by atoms with Crippen molar-refractivity contribution in [3.63, 3.8) is 0 Å². The third-order valence-electron chi connectivity index (χ3n) is 6.80. The van der Waals surface area contributed by atoms with E-state index >= 15 is 0 Å². The third kappa shape index (κ3) is 5.50. The van der Waals surface area contributed by atoms with Crippen LogP contribution in [0.1, 0.15) is 51.5 Å². The van der Waals surface area contributed by atoms with Crippen molar-refractivity contribution in [1.82, 2.24) is 10.3 Å². The largest absolute Gasteiger partial charge is 0.362 e. The molecule has 0 amide bonds. The zero-order valence-electron chi connectivity index (χ0n) is 18.5. The Bertz CT molecular complexity index is 867. The van der Waals surface area contributed by atoms with Gasteiger partial charge in [0, 0.05) is 30.1 Å². The number of piperidine rings is 1. The van der Waals surface area contributed by atoms with Crippen LogP contribution in [0, 0.1) is 11.8 Å². The number of benzene rings is 1. The number of thiocarbonyl (C=S) groups is 1. The average molecular weight is 457 g/mol. The Kier molecular flexibility index (Phi) is 7.02. The van der Waals surface area contributed by atoms with Crippen molar-refractivity contribution in [2.75, 3.05) is 29.9 Å². The van der Waals surface area contributed by atoms with Gasteiger partial charge >= 0.3 is 0 Å². The predicted octanol–water partition coefficient (Wildman–Crippen LogP) is 6.02. The van der Waals surface area contributed by atoms with Crippen LogP contribution in [0.2, 0.25) is 5.02 Å².